The third kappa shape index (κ3) is 4.24. The summed E-state index contributed by atoms with van der Waals surface area (Å²) in [4.78, 5) is 0. The molecule has 3 heteroatoms. The Morgan fingerprint density at radius 2 is 1.60 bits per heavy atom. The largest absolute Gasteiger partial charge is 0.369 e. The van der Waals surface area contributed by atoms with E-state index in [4.69, 9.17) is 27.9 Å². The molecule has 0 aliphatic carbocycles. The second-order valence-electron chi connectivity index (χ2n) is 4.58. The van der Waals surface area contributed by atoms with Gasteiger partial charge in [0.15, 0.2) is 0 Å². The van der Waals surface area contributed by atoms with Crippen molar-refractivity contribution in [1.82, 2.24) is 0 Å². The average Bonchev–Trinajstić information content (AvgIpc) is 2.49. The monoisotopic (exact) mass is 308 g/mol. The number of hydrogen-bond acceptors (Lipinski definition) is 1. The number of rotatable bonds is 7. The molecule has 0 amide bonds. The molecule has 1 nitrogen and oxygen atoms in total. The van der Waals surface area contributed by atoms with Crippen LogP contribution in [0.4, 0.5) is 0 Å². The number of hydrogen-bond donors (Lipinski definition) is 0. The van der Waals surface area contributed by atoms with Gasteiger partial charge in [-0.05, 0) is 24.5 Å². The molecular weight excluding hydrogens is 291 g/mol. The summed E-state index contributed by atoms with van der Waals surface area (Å²) in [5, 5.41) is 0.735. The van der Waals surface area contributed by atoms with E-state index in [1.54, 1.807) is 0 Å². The summed E-state index contributed by atoms with van der Waals surface area (Å²) in [7, 11) is 0. The average molecular weight is 309 g/mol. The second kappa shape index (κ2) is 8.31. The Bertz CT molecular complexity index is 513. The Morgan fingerprint density at radius 3 is 2.30 bits per heavy atom. The zero-order chi connectivity index (χ0) is 14.2. The van der Waals surface area contributed by atoms with Crippen LogP contribution in [0.3, 0.4) is 0 Å². The van der Waals surface area contributed by atoms with Gasteiger partial charge in [-0.25, -0.2) is 0 Å². The molecule has 1 unspecified atom stereocenters. The molecule has 2 aromatic carbocycles. The first-order chi connectivity index (χ1) is 9.83. The van der Waals surface area contributed by atoms with E-state index < -0.39 is 0 Å². The van der Waals surface area contributed by atoms with Gasteiger partial charge in [0.05, 0.1) is 0 Å². The number of halogens is 2. The predicted octanol–water partition coefficient (Wildman–Crippen LogP) is 5.47. The fourth-order valence-corrected chi connectivity index (χ4v) is 2.50. The molecule has 106 valence electrons. The molecule has 0 heterocycles. The van der Waals surface area contributed by atoms with Crippen molar-refractivity contribution < 1.29 is 4.74 Å². The van der Waals surface area contributed by atoms with E-state index in [9.17, 15) is 0 Å². The molecule has 0 aliphatic heterocycles. The highest BCUT2D eigenvalue weighted by Crippen LogP contribution is 2.31. The first-order valence-corrected chi connectivity index (χ1v) is 7.71. The van der Waals surface area contributed by atoms with Crippen molar-refractivity contribution in [2.24, 2.45) is 0 Å². The van der Waals surface area contributed by atoms with Crippen LogP contribution in [-0.4, -0.2) is 12.5 Å². The smallest absolute Gasteiger partial charge is 0.109 e. The first-order valence-electron chi connectivity index (χ1n) is 6.80. The summed E-state index contributed by atoms with van der Waals surface area (Å²) in [6.07, 6.45) is 1.79. The zero-order valence-electron chi connectivity index (χ0n) is 11.3. The molecule has 0 radical (unpaired) electrons. The van der Waals surface area contributed by atoms with Gasteiger partial charge >= 0.3 is 0 Å². The van der Waals surface area contributed by atoms with Crippen LogP contribution in [0.15, 0.2) is 54.6 Å². The summed E-state index contributed by atoms with van der Waals surface area (Å²) >= 11 is 12.0. The topological polar surface area (TPSA) is 9.23 Å². The molecule has 0 N–H and O–H groups in total. The molecule has 20 heavy (non-hydrogen) atoms. The maximum absolute atomic E-state index is 6.31. The molecule has 2 aromatic rings. The van der Waals surface area contributed by atoms with Gasteiger partial charge in [0, 0.05) is 23.1 Å². The van der Waals surface area contributed by atoms with Crippen molar-refractivity contribution in [2.75, 3.05) is 12.5 Å². The predicted molar refractivity (Wildman–Crippen MR) is 85.6 cm³/mol. The van der Waals surface area contributed by atoms with Crippen LogP contribution >= 0.6 is 23.2 Å². The standard InChI is InChI=1S/C17H18Cl2O/c18-12-6-7-13-20-17(14-8-2-1-3-9-14)15-10-4-5-11-16(15)19/h1-5,8-11,17H,6-7,12-13H2. The first kappa shape index (κ1) is 15.4. The lowest BCUT2D eigenvalue weighted by Crippen LogP contribution is -2.08. The molecule has 2 rings (SSSR count). The van der Waals surface area contributed by atoms with Crippen LogP contribution < -0.4 is 0 Å². The molecule has 0 bridgehead atoms. The quantitative estimate of drug-likeness (QED) is 0.487. The minimum Gasteiger partial charge on any atom is -0.369 e. The van der Waals surface area contributed by atoms with Crippen LogP contribution in [0.2, 0.25) is 5.02 Å². The van der Waals surface area contributed by atoms with Gasteiger partial charge in [-0.2, -0.15) is 0 Å². The van der Waals surface area contributed by atoms with Crippen LogP contribution in [0.25, 0.3) is 0 Å². The lowest BCUT2D eigenvalue weighted by molar-refractivity contribution is 0.0780. The highest BCUT2D eigenvalue weighted by atomic mass is 35.5. The van der Waals surface area contributed by atoms with Crippen molar-refractivity contribution in [1.29, 1.82) is 0 Å². The summed E-state index contributed by atoms with van der Waals surface area (Å²) in [6, 6.07) is 18.0. The lowest BCUT2D eigenvalue weighted by Gasteiger charge is -2.20. The lowest BCUT2D eigenvalue weighted by atomic mass is 10.0. The van der Waals surface area contributed by atoms with Crippen molar-refractivity contribution in [2.45, 2.75) is 18.9 Å². The van der Waals surface area contributed by atoms with Gasteiger partial charge < -0.3 is 4.74 Å². The highest BCUT2D eigenvalue weighted by Gasteiger charge is 2.16. The molecule has 0 saturated heterocycles. The summed E-state index contributed by atoms with van der Waals surface area (Å²) in [5.41, 5.74) is 2.12. The summed E-state index contributed by atoms with van der Waals surface area (Å²) in [5.74, 6) is 0.672. The molecule has 0 spiro atoms. The molecule has 0 aromatic heterocycles. The summed E-state index contributed by atoms with van der Waals surface area (Å²) < 4.78 is 6.05. The maximum atomic E-state index is 6.31. The Kier molecular flexibility index (Phi) is 6.38. The van der Waals surface area contributed by atoms with Gasteiger partial charge in [0.2, 0.25) is 0 Å². The van der Waals surface area contributed by atoms with Crippen molar-refractivity contribution in [3.63, 3.8) is 0 Å². The molecule has 0 saturated carbocycles. The fraction of sp³-hybridized carbons (Fsp3) is 0.294. The molecule has 0 fully saturated rings. The van der Waals surface area contributed by atoms with E-state index in [0.29, 0.717) is 12.5 Å². The van der Waals surface area contributed by atoms with E-state index in [1.165, 1.54) is 0 Å². The number of benzene rings is 2. The fourth-order valence-electron chi connectivity index (χ4n) is 2.08. The van der Waals surface area contributed by atoms with E-state index in [2.05, 4.69) is 12.1 Å². The highest BCUT2D eigenvalue weighted by molar-refractivity contribution is 6.31. The van der Waals surface area contributed by atoms with Gasteiger partial charge in [-0.3, -0.25) is 0 Å². The van der Waals surface area contributed by atoms with Crippen molar-refractivity contribution in [3.8, 4) is 0 Å². The Balaban J connectivity index is 2.19. The van der Waals surface area contributed by atoms with E-state index >= 15 is 0 Å². The SMILES string of the molecule is ClCCCCOC(c1ccccc1)c1ccccc1Cl. The van der Waals surface area contributed by atoms with Crippen molar-refractivity contribution >= 4 is 23.2 Å². The van der Waals surface area contributed by atoms with E-state index in [1.807, 2.05) is 42.5 Å². The van der Waals surface area contributed by atoms with Crippen LogP contribution in [-0.2, 0) is 4.74 Å². The Hall–Kier alpha value is -1.02. The summed E-state index contributed by atoms with van der Waals surface area (Å²) in [6.45, 7) is 0.678. The third-order valence-electron chi connectivity index (χ3n) is 3.10. The van der Waals surface area contributed by atoms with Gasteiger partial charge in [0.25, 0.3) is 0 Å². The van der Waals surface area contributed by atoms with Crippen LogP contribution in [0.1, 0.15) is 30.1 Å². The van der Waals surface area contributed by atoms with Crippen LogP contribution in [0.5, 0.6) is 0 Å². The van der Waals surface area contributed by atoms with Crippen LogP contribution in [0, 0.1) is 0 Å². The molecule has 1 atom stereocenters. The Labute approximate surface area is 130 Å². The van der Waals surface area contributed by atoms with Gasteiger partial charge in [-0.1, -0.05) is 60.1 Å². The number of unbranched alkanes of at least 4 members (excludes halogenated alkanes) is 1. The minimum atomic E-state index is -0.125. The third-order valence-corrected chi connectivity index (χ3v) is 3.71. The normalized spacial score (nSPS) is 12.3. The maximum Gasteiger partial charge on any atom is 0.109 e. The van der Waals surface area contributed by atoms with E-state index in [0.717, 1.165) is 29.0 Å². The minimum absolute atomic E-state index is 0.125. The zero-order valence-corrected chi connectivity index (χ0v) is 12.8. The number of alkyl halides is 1. The molecular formula is C17H18Cl2O. The Morgan fingerprint density at radius 1 is 0.900 bits per heavy atom. The van der Waals surface area contributed by atoms with E-state index in [-0.39, 0.29) is 6.10 Å². The van der Waals surface area contributed by atoms with Gasteiger partial charge in [-0.15, -0.1) is 11.6 Å². The second-order valence-corrected chi connectivity index (χ2v) is 5.36. The van der Waals surface area contributed by atoms with Gasteiger partial charge in [0.1, 0.15) is 6.10 Å². The number of ether oxygens (including phenoxy) is 1. The molecule has 0 aliphatic rings. The van der Waals surface area contributed by atoms with Crippen molar-refractivity contribution in [3.05, 3.63) is 70.7 Å².